The van der Waals surface area contributed by atoms with Gasteiger partial charge in [0.15, 0.2) is 6.29 Å². The third kappa shape index (κ3) is 2.38. The Morgan fingerprint density at radius 1 is 1.50 bits per heavy atom. The predicted octanol–water partition coefficient (Wildman–Crippen LogP) is 2.64. The Kier molecular flexibility index (Phi) is 3.97. The Labute approximate surface area is 107 Å². The van der Waals surface area contributed by atoms with Crippen LogP contribution < -0.4 is 4.90 Å². The lowest BCUT2D eigenvalue weighted by atomic mass is 9.98. The van der Waals surface area contributed by atoms with Gasteiger partial charge in [-0.05, 0) is 31.9 Å². The van der Waals surface area contributed by atoms with E-state index < -0.39 is 5.82 Å². The van der Waals surface area contributed by atoms with Crippen molar-refractivity contribution in [1.29, 1.82) is 0 Å². The molecule has 3 nitrogen and oxygen atoms in total. The molecule has 1 aliphatic rings. The van der Waals surface area contributed by atoms with Gasteiger partial charge in [-0.15, -0.1) is 0 Å². The highest BCUT2D eigenvalue weighted by Crippen LogP contribution is 2.29. The SMILES string of the molecule is COC1CCN(c2cccc(F)c2C=O)C(C)C1. The molecule has 2 rings (SSSR count). The average molecular weight is 251 g/mol. The third-order valence-corrected chi connectivity index (χ3v) is 3.62. The van der Waals surface area contributed by atoms with Crippen LogP contribution in [0.5, 0.6) is 0 Å². The Morgan fingerprint density at radius 3 is 2.89 bits per heavy atom. The van der Waals surface area contributed by atoms with Crippen LogP contribution in [-0.2, 0) is 4.74 Å². The summed E-state index contributed by atoms with van der Waals surface area (Å²) in [7, 11) is 1.71. The topological polar surface area (TPSA) is 29.5 Å². The molecule has 0 N–H and O–H groups in total. The quantitative estimate of drug-likeness (QED) is 0.773. The fourth-order valence-corrected chi connectivity index (χ4v) is 2.59. The van der Waals surface area contributed by atoms with E-state index in [9.17, 15) is 9.18 Å². The number of anilines is 1. The third-order valence-electron chi connectivity index (χ3n) is 3.62. The van der Waals surface area contributed by atoms with Crippen LogP contribution in [0.15, 0.2) is 18.2 Å². The van der Waals surface area contributed by atoms with Crippen LogP contribution >= 0.6 is 0 Å². The summed E-state index contributed by atoms with van der Waals surface area (Å²) in [5, 5.41) is 0. The van der Waals surface area contributed by atoms with Gasteiger partial charge in [-0.25, -0.2) is 4.39 Å². The molecule has 1 aromatic carbocycles. The normalized spacial score (nSPS) is 24.1. The molecule has 18 heavy (non-hydrogen) atoms. The number of carbonyl (C=O) groups excluding carboxylic acids is 1. The predicted molar refractivity (Wildman–Crippen MR) is 68.6 cm³/mol. The second kappa shape index (κ2) is 5.48. The number of halogens is 1. The molecule has 98 valence electrons. The molecule has 4 heteroatoms. The largest absolute Gasteiger partial charge is 0.381 e. The van der Waals surface area contributed by atoms with Crippen molar-refractivity contribution in [2.24, 2.45) is 0 Å². The van der Waals surface area contributed by atoms with Crippen molar-refractivity contribution in [2.75, 3.05) is 18.6 Å². The molecular formula is C14H18FNO2. The van der Waals surface area contributed by atoms with Crippen molar-refractivity contribution in [2.45, 2.75) is 31.9 Å². The van der Waals surface area contributed by atoms with Gasteiger partial charge < -0.3 is 9.64 Å². The first-order chi connectivity index (χ1) is 8.67. The number of aldehydes is 1. The second-order valence-corrected chi connectivity index (χ2v) is 4.71. The lowest BCUT2D eigenvalue weighted by Crippen LogP contribution is -2.43. The van der Waals surface area contributed by atoms with E-state index in [4.69, 9.17) is 4.74 Å². The molecule has 0 radical (unpaired) electrons. The van der Waals surface area contributed by atoms with Crippen molar-refractivity contribution in [1.82, 2.24) is 0 Å². The van der Waals surface area contributed by atoms with Crippen molar-refractivity contribution < 1.29 is 13.9 Å². The molecule has 0 bridgehead atoms. The summed E-state index contributed by atoms with van der Waals surface area (Å²) < 4.78 is 18.9. The maximum absolute atomic E-state index is 13.6. The highest BCUT2D eigenvalue weighted by atomic mass is 19.1. The van der Waals surface area contributed by atoms with Crippen LogP contribution in [0.3, 0.4) is 0 Å². The minimum atomic E-state index is -0.455. The molecule has 2 unspecified atom stereocenters. The Morgan fingerprint density at radius 2 is 2.28 bits per heavy atom. The number of carbonyl (C=O) groups is 1. The van der Waals surface area contributed by atoms with Gasteiger partial charge >= 0.3 is 0 Å². The van der Waals surface area contributed by atoms with Crippen LogP contribution in [0.2, 0.25) is 0 Å². The zero-order chi connectivity index (χ0) is 13.1. The molecule has 1 heterocycles. The zero-order valence-corrected chi connectivity index (χ0v) is 10.7. The van der Waals surface area contributed by atoms with E-state index >= 15 is 0 Å². The molecule has 0 aromatic heterocycles. The molecule has 1 fully saturated rings. The van der Waals surface area contributed by atoms with Crippen LogP contribution in [0.4, 0.5) is 10.1 Å². The van der Waals surface area contributed by atoms with Gasteiger partial charge in [0.05, 0.1) is 17.4 Å². The molecule has 1 saturated heterocycles. The Hall–Kier alpha value is -1.42. The summed E-state index contributed by atoms with van der Waals surface area (Å²) in [6, 6.07) is 5.01. The maximum atomic E-state index is 13.6. The first-order valence-electron chi connectivity index (χ1n) is 6.20. The number of piperidine rings is 1. The summed E-state index contributed by atoms with van der Waals surface area (Å²) in [6.07, 6.45) is 2.64. The molecular weight excluding hydrogens is 233 g/mol. The van der Waals surface area contributed by atoms with Gasteiger partial charge in [0, 0.05) is 19.7 Å². The van der Waals surface area contributed by atoms with E-state index in [0.717, 1.165) is 19.4 Å². The number of methoxy groups -OCH3 is 1. The minimum absolute atomic E-state index is 0.153. The molecule has 0 spiro atoms. The second-order valence-electron chi connectivity index (χ2n) is 4.71. The van der Waals surface area contributed by atoms with Gasteiger partial charge in [-0.2, -0.15) is 0 Å². The van der Waals surface area contributed by atoms with Gasteiger partial charge in [-0.3, -0.25) is 4.79 Å². The molecule has 0 amide bonds. The first-order valence-corrected chi connectivity index (χ1v) is 6.20. The fraction of sp³-hybridized carbons (Fsp3) is 0.500. The van der Waals surface area contributed by atoms with E-state index in [2.05, 4.69) is 11.8 Å². The zero-order valence-electron chi connectivity index (χ0n) is 10.7. The number of benzene rings is 1. The van der Waals surface area contributed by atoms with E-state index in [0.29, 0.717) is 12.0 Å². The maximum Gasteiger partial charge on any atom is 0.155 e. The Bertz CT molecular complexity index is 436. The van der Waals surface area contributed by atoms with Crippen LogP contribution in [0.25, 0.3) is 0 Å². The van der Waals surface area contributed by atoms with Crippen LogP contribution in [0, 0.1) is 5.82 Å². The average Bonchev–Trinajstić information content (AvgIpc) is 2.38. The first kappa shape index (κ1) is 13.0. The smallest absolute Gasteiger partial charge is 0.155 e. The van der Waals surface area contributed by atoms with Gasteiger partial charge in [-0.1, -0.05) is 6.07 Å². The van der Waals surface area contributed by atoms with Gasteiger partial charge in [0.25, 0.3) is 0 Å². The summed E-state index contributed by atoms with van der Waals surface area (Å²) in [5.74, 6) is -0.455. The number of nitrogens with zero attached hydrogens (tertiary/aromatic N) is 1. The summed E-state index contributed by atoms with van der Waals surface area (Å²) >= 11 is 0. The Balaban J connectivity index is 2.27. The van der Waals surface area contributed by atoms with E-state index in [1.165, 1.54) is 6.07 Å². The van der Waals surface area contributed by atoms with Crippen molar-refractivity contribution in [3.63, 3.8) is 0 Å². The highest BCUT2D eigenvalue weighted by molar-refractivity contribution is 5.85. The standard InChI is InChI=1S/C14H18FNO2/c1-10-8-11(18-2)6-7-16(10)14-5-3-4-13(15)12(14)9-17/h3-5,9-11H,6-8H2,1-2H3. The van der Waals surface area contributed by atoms with Crippen molar-refractivity contribution >= 4 is 12.0 Å². The number of hydrogen-bond acceptors (Lipinski definition) is 3. The highest BCUT2D eigenvalue weighted by Gasteiger charge is 2.27. The van der Waals surface area contributed by atoms with Gasteiger partial charge in [0.2, 0.25) is 0 Å². The number of ether oxygens (including phenoxy) is 1. The molecule has 1 aliphatic heterocycles. The lowest BCUT2D eigenvalue weighted by molar-refractivity contribution is 0.0721. The molecule has 0 aliphatic carbocycles. The van der Waals surface area contributed by atoms with E-state index in [1.54, 1.807) is 19.2 Å². The summed E-state index contributed by atoms with van der Waals surface area (Å²) in [6.45, 7) is 2.86. The van der Waals surface area contributed by atoms with Crippen molar-refractivity contribution in [3.8, 4) is 0 Å². The van der Waals surface area contributed by atoms with Gasteiger partial charge in [0.1, 0.15) is 5.82 Å². The van der Waals surface area contributed by atoms with Crippen molar-refractivity contribution in [3.05, 3.63) is 29.6 Å². The summed E-state index contributed by atoms with van der Waals surface area (Å²) in [5.41, 5.74) is 0.840. The fourth-order valence-electron chi connectivity index (χ4n) is 2.59. The monoisotopic (exact) mass is 251 g/mol. The number of hydrogen-bond donors (Lipinski definition) is 0. The lowest BCUT2D eigenvalue weighted by Gasteiger charge is -2.39. The molecule has 1 aromatic rings. The number of rotatable bonds is 3. The van der Waals surface area contributed by atoms with E-state index in [1.807, 2.05) is 0 Å². The van der Waals surface area contributed by atoms with E-state index in [-0.39, 0.29) is 17.7 Å². The minimum Gasteiger partial charge on any atom is -0.381 e. The van der Waals surface area contributed by atoms with Crippen LogP contribution in [-0.4, -0.2) is 32.1 Å². The molecule has 0 saturated carbocycles. The van der Waals surface area contributed by atoms with Crippen LogP contribution in [0.1, 0.15) is 30.1 Å². The molecule has 2 atom stereocenters. The summed E-state index contributed by atoms with van der Waals surface area (Å²) in [4.78, 5) is 13.1.